The minimum Gasteiger partial charge on any atom is -0.494 e. The normalized spacial score (nSPS) is 17.6. The molecule has 0 saturated carbocycles. The highest BCUT2D eigenvalue weighted by molar-refractivity contribution is 5.53. The van der Waals surface area contributed by atoms with Crippen molar-refractivity contribution in [2.24, 2.45) is 0 Å². The van der Waals surface area contributed by atoms with Gasteiger partial charge in [0.2, 0.25) is 11.7 Å². The van der Waals surface area contributed by atoms with E-state index in [1.807, 2.05) is 6.07 Å². The molecule has 2 aromatic carbocycles. The van der Waals surface area contributed by atoms with Crippen LogP contribution < -0.4 is 4.74 Å². The molecule has 1 aromatic heterocycles. The summed E-state index contributed by atoms with van der Waals surface area (Å²) in [4.78, 5) is 6.73. The minimum absolute atomic E-state index is 0.103. The van der Waals surface area contributed by atoms with Gasteiger partial charge in [-0.2, -0.15) is 4.98 Å². The molecule has 7 heteroatoms. The fraction of sp³-hybridized carbons (Fsp3) is 0.333. The number of aromatic nitrogens is 2. The third-order valence-electron chi connectivity index (χ3n) is 5.00. The van der Waals surface area contributed by atoms with Crippen molar-refractivity contribution in [3.05, 3.63) is 65.6 Å². The van der Waals surface area contributed by atoms with Gasteiger partial charge < -0.3 is 9.26 Å². The molecule has 0 N–H and O–H groups in total. The molecule has 5 nitrogen and oxygen atoms in total. The molecule has 1 saturated heterocycles. The van der Waals surface area contributed by atoms with Gasteiger partial charge in [-0.25, -0.2) is 8.78 Å². The van der Waals surface area contributed by atoms with Crippen molar-refractivity contribution in [1.29, 1.82) is 0 Å². The Bertz CT molecular complexity index is 960. The maximum absolute atomic E-state index is 13.9. The van der Waals surface area contributed by atoms with Crippen molar-refractivity contribution in [2.75, 3.05) is 20.2 Å². The first-order chi connectivity index (χ1) is 13.6. The Morgan fingerprint density at radius 1 is 1.21 bits per heavy atom. The number of piperidine rings is 1. The first-order valence-electron chi connectivity index (χ1n) is 9.26. The number of hydrogen-bond donors (Lipinski definition) is 0. The van der Waals surface area contributed by atoms with E-state index in [1.54, 1.807) is 18.2 Å². The largest absolute Gasteiger partial charge is 0.494 e. The molecule has 0 spiro atoms. The molecular weight excluding hydrogens is 364 g/mol. The van der Waals surface area contributed by atoms with E-state index in [0.29, 0.717) is 23.8 Å². The van der Waals surface area contributed by atoms with Crippen LogP contribution in [0.2, 0.25) is 0 Å². The van der Waals surface area contributed by atoms with Crippen LogP contribution in [0, 0.1) is 11.6 Å². The Hall–Kier alpha value is -2.80. The summed E-state index contributed by atoms with van der Waals surface area (Å²) in [6.45, 7) is 2.32. The number of rotatable bonds is 5. The number of nitrogens with zero attached hydrogens (tertiary/aromatic N) is 3. The first kappa shape index (κ1) is 18.6. The minimum atomic E-state index is -0.356. The van der Waals surface area contributed by atoms with E-state index in [4.69, 9.17) is 9.26 Å². The van der Waals surface area contributed by atoms with Gasteiger partial charge in [0, 0.05) is 18.7 Å². The predicted molar refractivity (Wildman–Crippen MR) is 99.9 cm³/mol. The van der Waals surface area contributed by atoms with Crippen LogP contribution in [0.1, 0.15) is 30.2 Å². The summed E-state index contributed by atoms with van der Waals surface area (Å²) in [5.74, 6) is 0.612. The van der Waals surface area contributed by atoms with E-state index in [1.165, 1.54) is 25.3 Å². The highest BCUT2D eigenvalue weighted by atomic mass is 19.1. The zero-order valence-electron chi connectivity index (χ0n) is 15.6. The monoisotopic (exact) mass is 385 g/mol. The number of hydrogen-bond acceptors (Lipinski definition) is 5. The fourth-order valence-electron chi connectivity index (χ4n) is 3.61. The number of ether oxygens (including phenoxy) is 1. The van der Waals surface area contributed by atoms with Crippen LogP contribution in [0.15, 0.2) is 47.0 Å². The molecule has 1 aliphatic rings. The Balaban J connectivity index is 1.45. The summed E-state index contributed by atoms with van der Waals surface area (Å²) in [7, 11) is 1.45. The SMILES string of the molecule is COc1ccc(CN2CCCC(c3nc(-c4cccc(F)c4)no3)C2)cc1F. The van der Waals surface area contributed by atoms with E-state index >= 15 is 0 Å². The van der Waals surface area contributed by atoms with Crippen LogP contribution in [0.3, 0.4) is 0 Å². The highest BCUT2D eigenvalue weighted by Gasteiger charge is 2.26. The van der Waals surface area contributed by atoms with E-state index in [2.05, 4.69) is 15.0 Å². The van der Waals surface area contributed by atoms with Crippen LogP contribution in [-0.2, 0) is 6.54 Å². The zero-order chi connectivity index (χ0) is 19.5. The molecule has 1 unspecified atom stereocenters. The Morgan fingerprint density at radius 3 is 2.89 bits per heavy atom. The number of halogens is 2. The van der Waals surface area contributed by atoms with Crippen LogP contribution in [0.25, 0.3) is 11.4 Å². The third-order valence-corrected chi connectivity index (χ3v) is 5.00. The van der Waals surface area contributed by atoms with Crippen molar-refractivity contribution in [1.82, 2.24) is 15.0 Å². The third kappa shape index (κ3) is 4.04. The van der Waals surface area contributed by atoms with Gasteiger partial charge in [-0.3, -0.25) is 4.90 Å². The number of likely N-dealkylation sites (tertiary alicyclic amines) is 1. The molecule has 0 amide bonds. The molecule has 4 rings (SSSR count). The fourth-order valence-corrected chi connectivity index (χ4v) is 3.61. The van der Waals surface area contributed by atoms with E-state index in [9.17, 15) is 8.78 Å². The van der Waals surface area contributed by atoms with E-state index < -0.39 is 0 Å². The summed E-state index contributed by atoms with van der Waals surface area (Å²) in [5.41, 5.74) is 1.49. The molecule has 2 heterocycles. The molecule has 0 bridgehead atoms. The molecule has 3 aromatic rings. The Morgan fingerprint density at radius 2 is 2.11 bits per heavy atom. The highest BCUT2D eigenvalue weighted by Crippen LogP contribution is 2.29. The zero-order valence-corrected chi connectivity index (χ0v) is 15.6. The van der Waals surface area contributed by atoms with Crippen LogP contribution in [0.4, 0.5) is 8.78 Å². The molecule has 1 atom stereocenters. The van der Waals surface area contributed by atoms with E-state index in [-0.39, 0.29) is 23.3 Å². The van der Waals surface area contributed by atoms with Gasteiger partial charge in [0.1, 0.15) is 5.82 Å². The summed E-state index contributed by atoms with van der Waals surface area (Å²) >= 11 is 0. The lowest BCUT2D eigenvalue weighted by Gasteiger charge is -2.31. The molecule has 1 aliphatic heterocycles. The van der Waals surface area contributed by atoms with Crippen LogP contribution in [-0.4, -0.2) is 35.2 Å². The molecule has 0 radical (unpaired) electrons. The summed E-state index contributed by atoms with van der Waals surface area (Å²) < 4.78 is 37.8. The molecule has 1 fully saturated rings. The van der Waals surface area contributed by atoms with Gasteiger partial charge in [0.15, 0.2) is 11.6 Å². The smallest absolute Gasteiger partial charge is 0.231 e. The van der Waals surface area contributed by atoms with Crippen molar-refractivity contribution in [3.8, 4) is 17.1 Å². The van der Waals surface area contributed by atoms with E-state index in [0.717, 1.165) is 31.5 Å². The molecule has 28 heavy (non-hydrogen) atoms. The Kier molecular flexibility index (Phi) is 5.34. The lowest BCUT2D eigenvalue weighted by molar-refractivity contribution is 0.180. The second kappa shape index (κ2) is 8.06. The van der Waals surface area contributed by atoms with Gasteiger partial charge in [0.25, 0.3) is 0 Å². The summed E-state index contributed by atoms with van der Waals surface area (Å²) in [5, 5.41) is 4.01. The second-order valence-electron chi connectivity index (χ2n) is 7.01. The summed E-state index contributed by atoms with van der Waals surface area (Å²) in [6.07, 6.45) is 1.93. The van der Waals surface area contributed by atoms with Gasteiger partial charge >= 0.3 is 0 Å². The van der Waals surface area contributed by atoms with Crippen molar-refractivity contribution in [3.63, 3.8) is 0 Å². The lowest BCUT2D eigenvalue weighted by Crippen LogP contribution is -2.34. The molecular formula is C21H21F2N3O2. The molecule has 0 aliphatic carbocycles. The van der Waals surface area contributed by atoms with Gasteiger partial charge in [0.05, 0.1) is 13.0 Å². The van der Waals surface area contributed by atoms with Crippen LogP contribution in [0.5, 0.6) is 5.75 Å². The van der Waals surface area contributed by atoms with Gasteiger partial charge in [-0.1, -0.05) is 23.4 Å². The maximum Gasteiger partial charge on any atom is 0.231 e. The summed E-state index contributed by atoms with van der Waals surface area (Å²) in [6, 6.07) is 11.2. The average molecular weight is 385 g/mol. The second-order valence-corrected chi connectivity index (χ2v) is 7.01. The van der Waals surface area contributed by atoms with Gasteiger partial charge in [-0.15, -0.1) is 0 Å². The average Bonchev–Trinajstić information content (AvgIpc) is 3.19. The van der Waals surface area contributed by atoms with Crippen molar-refractivity contribution < 1.29 is 18.0 Å². The first-order valence-corrected chi connectivity index (χ1v) is 9.26. The standard InChI is InChI=1S/C21H21F2N3O2/c1-27-19-8-7-14(10-18(19)23)12-26-9-3-5-16(13-26)21-24-20(25-28-21)15-4-2-6-17(22)11-15/h2,4,6-8,10-11,16H,3,5,9,12-13H2,1H3. The van der Waals surface area contributed by atoms with Gasteiger partial charge in [-0.05, 0) is 49.2 Å². The lowest BCUT2D eigenvalue weighted by atomic mass is 9.97. The van der Waals surface area contributed by atoms with Crippen LogP contribution >= 0.6 is 0 Å². The number of benzene rings is 2. The maximum atomic E-state index is 13.9. The topological polar surface area (TPSA) is 51.4 Å². The quantitative estimate of drug-likeness (QED) is 0.651. The molecule has 146 valence electrons. The Labute approximate surface area is 161 Å². The predicted octanol–water partition coefficient (Wildman–Crippen LogP) is 4.40. The van der Waals surface area contributed by atoms with Crippen molar-refractivity contribution in [2.45, 2.75) is 25.3 Å². The number of methoxy groups -OCH3 is 1. The van der Waals surface area contributed by atoms with Crippen molar-refractivity contribution >= 4 is 0 Å².